The molecule has 10 heteroatoms. The van der Waals surface area contributed by atoms with Crippen molar-refractivity contribution in [2.24, 2.45) is 0 Å². The lowest BCUT2D eigenvalue weighted by atomic mass is 10.1. The topological polar surface area (TPSA) is 79.2 Å². The molecule has 1 fully saturated rings. The third-order valence-electron chi connectivity index (χ3n) is 7.25. The number of hydrogen-bond acceptors (Lipinski definition) is 5. The van der Waals surface area contributed by atoms with Crippen LogP contribution < -0.4 is 10.2 Å². The molecule has 3 heterocycles. The van der Waals surface area contributed by atoms with E-state index in [-0.39, 0.29) is 6.03 Å². The molecule has 3 aromatic carbocycles. The molecule has 8 nitrogen and oxygen atoms in total. The largest absolute Gasteiger partial charge is 0.352 e. The van der Waals surface area contributed by atoms with E-state index in [1.807, 2.05) is 41.9 Å². The Morgan fingerprint density at radius 3 is 2.32 bits per heavy atom. The zero-order chi connectivity index (χ0) is 28.5. The predicted molar refractivity (Wildman–Crippen MR) is 165 cm³/mol. The number of hydrogen-bond donors (Lipinski definition) is 1. The van der Waals surface area contributed by atoms with Gasteiger partial charge in [0, 0.05) is 38.3 Å². The Balaban J connectivity index is 1.29. The van der Waals surface area contributed by atoms with Gasteiger partial charge in [-0.3, -0.25) is 0 Å². The molecule has 0 bridgehead atoms. The normalized spacial score (nSPS) is 13.6. The van der Waals surface area contributed by atoms with Crippen molar-refractivity contribution in [2.45, 2.75) is 20.3 Å². The summed E-state index contributed by atoms with van der Waals surface area (Å²) in [7, 11) is 0. The van der Waals surface area contributed by atoms with Gasteiger partial charge >= 0.3 is 6.03 Å². The Morgan fingerprint density at radius 1 is 0.878 bits per heavy atom. The van der Waals surface area contributed by atoms with Gasteiger partial charge in [0.05, 0.1) is 26.8 Å². The summed E-state index contributed by atoms with van der Waals surface area (Å²) in [5, 5.41) is 9.56. The van der Waals surface area contributed by atoms with Crippen molar-refractivity contribution in [3.8, 4) is 5.69 Å². The first-order chi connectivity index (χ1) is 19.9. The third kappa shape index (κ3) is 5.71. The Labute approximate surface area is 248 Å². The number of aryl methyl sites for hydroxylation is 2. The fourth-order valence-corrected chi connectivity index (χ4v) is 5.35. The zero-order valence-electron chi connectivity index (χ0n) is 22.8. The van der Waals surface area contributed by atoms with Crippen molar-refractivity contribution in [3.63, 3.8) is 0 Å². The molecule has 6 rings (SSSR count). The molecule has 0 saturated carbocycles. The summed E-state index contributed by atoms with van der Waals surface area (Å²) in [6, 6.07) is 23.4. The summed E-state index contributed by atoms with van der Waals surface area (Å²) in [4.78, 5) is 27.1. The van der Waals surface area contributed by atoms with Crippen LogP contribution in [-0.4, -0.2) is 56.9 Å². The van der Waals surface area contributed by atoms with Crippen molar-refractivity contribution < 1.29 is 4.79 Å². The molecule has 0 radical (unpaired) electrons. The second-order valence-electron chi connectivity index (χ2n) is 10.2. The summed E-state index contributed by atoms with van der Waals surface area (Å²) in [6.45, 7) is 6.41. The predicted octanol–water partition coefficient (Wildman–Crippen LogP) is 6.68. The number of urea groups is 1. The van der Waals surface area contributed by atoms with Gasteiger partial charge in [0.15, 0.2) is 5.65 Å². The Morgan fingerprint density at radius 2 is 1.61 bits per heavy atom. The van der Waals surface area contributed by atoms with Crippen LogP contribution in [-0.2, 0) is 6.42 Å². The van der Waals surface area contributed by atoms with Crippen LogP contribution in [0.1, 0.15) is 22.6 Å². The highest BCUT2D eigenvalue weighted by atomic mass is 35.5. The summed E-state index contributed by atoms with van der Waals surface area (Å²) >= 11 is 12.1. The Bertz CT molecular complexity index is 1710. The summed E-state index contributed by atoms with van der Waals surface area (Å²) < 4.78 is 1.90. The Hall–Kier alpha value is -4.14. The molecule has 1 N–H and O–H groups in total. The fraction of sp³-hybridized carbons (Fsp3) is 0.226. The lowest BCUT2D eigenvalue weighted by Crippen LogP contribution is -2.50. The first-order valence-corrected chi connectivity index (χ1v) is 14.2. The summed E-state index contributed by atoms with van der Waals surface area (Å²) in [5.74, 6) is 1.58. The molecule has 2 aromatic heterocycles. The number of para-hydroxylation sites is 1. The number of piperazine rings is 1. The smallest absolute Gasteiger partial charge is 0.321 e. The molecular formula is C31H29Cl2N7O. The second-order valence-corrected chi connectivity index (χ2v) is 11.0. The lowest BCUT2D eigenvalue weighted by Gasteiger charge is -2.35. The number of nitrogens with one attached hydrogen (secondary N) is 1. The number of carbonyl (C=O) groups is 1. The molecule has 1 aliphatic heterocycles. The van der Waals surface area contributed by atoms with E-state index < -0.39 is 0 Å². The SMILES string of the molecule is Cc1ccc(Cc2nc(N3CCN(C(=O)Nc4ccc(Cl)c(Cl)c4)CC3)c3c(C)nn(-c4ccccc4)c3n2)cc1. The van der Waals surface area contributed by atoms with Crippen LogP contribution in [0, 0.1) is 13.8 Å². The molecule has 41 heavy (non-hydrogen) atoms. The van der Waals surface area contributed by atoms with E-state index in [2.05, 4.69) is 41.4 Å². The highest BCUT2D eigenvalue weighted by Gasteiger charge is 2.26. The van der Waals surface area contributed by atoms with Gasteiger partial charge in [-0.25, -0.2) is 19.4 Å². The molecule has 208 valence electrons. The van der Waals surface area contributed by atoms with Crippen LogP contribution in [0.4, 0.5) is 16.3 Å². The van der Waals surface area contributed by atoms with Crippen molar-refractivity contribution in [1.82, 2.24) is 24.6 Å². The summed E-state index contributed by atoms with van der Waals surface area (Å²) in [6.07, 6.45) is 0.605. The van der Waals surface area contributed by atoms with Crippen LogP contribution in [0.5, 0.6) is 0 Å². The van der Waals surface area contributed by atoms with Crippen molar-refractivity contribution in [1.29, 1.82) is 0 Å². The minimum atomic E-state index is -0.177. The van der Waals surface area contributed by atoms with Crippen LogP contribution in [0.3, 0.4) is 0 Å². The van der Waals surface area contributed by atoms with Crippen LogP contribution in [0.15, 0.2) is 72.8 Å². The number of carbonyl (C=O) groups excluding carboxylic acids is 1. The number of halogens is 2. The maximum absolute atomic E-state index is 13.0. The molecular weight excluding hydrogens is 557 g/mol. The quantitative estimate of drug-likeness (QED) is 0.249. The minimum absolute atomic E-state index is 0.177. The molecule has 2 amide bonds. The highest BCUT2D eigenvalue weighted by Crippen LogP contribution is 2.31. The molecule has 5 aromatic rings. The first kappa shape index (κ1) is 27.1. The van der Waals surface area contributed by atoms with Gasteiger partial charge in [-0.1, -0.05) is 71.2 Å². The first-order valence-electron chi connectivity index (χ1n) is 13.5. The minimum Gasteiger partial charge on any atom is -0.352 e. The molecule has 1 saturated heterocycles. The number of fused-ring (bicyclic) bond motifs is 1. The summed E-state index contributed by atoms with van der Waals surface area (Å²) in [5.41, 5.74) is 5.55. The average Bonchev–Trinajstić information content (AvgIpc) is 3.32. The van der Waals surface area contributed by atoms with Crippen LogP contribution in [0.25, 0.3) is 16.7 Å². The molecule has 0 unspecified atom stereocenters. The Kier molecular flexibility index (Phi) is 7.51. The van der Waals surface area contributed by atoms with Gasteiger partial charge < -0.3 is 15.1 Å². The molecule has 0 atom stereocenters. The highest BCUT2D eigenvalue weighted by molar-refractivity contribution is 6.42. The molecule has 0 aliphatic carbocycles. The van der Waals surface area contributed by atoms with Gasteiger partial charge in [-0.15, -0.1) is 0 Å². The number of anilines is 2. The average molecular weight is 587 g/mol. The maximum atomic E-state index is 13.0. The van der Waals surface area contributed by atoms with E-state index in [0.717, 1.165) is 39.6 Å². The van der Waals surface area contributed by atoms with Gasteiger partial charge in [0.2, 0.25) is 0 Å². The van der Waals surface area contributed by atoms with E-state index in [1.54, 1.807) is 23.1 Å². The molecule has 0 spiro atoms. The monoisotopic (exact) mass is 585 g/mol. The fourth-order valence-electron chi connectivity index (χ4n) is 5.05. The van der Waals surface area contributed by atoms with E-state index in [0.29, 0.717) is 48.3 Å². The van der Waals surface area contributed by atoms with E-state index in [4.69, 9.17) is 38.3 Å². The maximum Gasteiger partial charge on any atom is 0.321 e. The van der Waals surface area contributed by atoms with Crippen LogP contribution in [0.2, 0.25) is 10.0 Å². The third-order valence-corrected chi connectivity index (χ3v) is 7.99. The zero-order valence-corrected chi connectivity index (χ0v) is 24.3. The number of rotatable bonds is 5. The standard InChI is InChI=1S/C31H29Cl2N7O/c1-20-8-10-22(11-9-20)18-27-35-29(28-21(2)37-40(30(28)36-27)24-6-4-3-5-7-24)38-14-16-39(17-15-38)31(41)34-23-12-13-25(32)26(33)19-23/h3-13,19H,14-18H2,1-2H3,(H,34,41). The second kappa shape index (κ2) is 11.4. The van der Waals surface area contributed by atoms with E-state index in [1.165, 1.54) is 5.56 Å². The van der Waals surface area contributed by atoms with Gasteiger partial charge in [-0.2, -0.15) is 5.10 Å². The number of benzene rings is 3. The van der Waals surface area contributed by atoms with Gasteiger partial charge in [-0.05, 0) is 49.7 Å². The lowest BCUT2D eigenvalue weighted by molar-refractivity contribution is 0.208. The van der Waals surface area contributed by atoms with E-state index in [9.17, 15) is 4.79 Å². The van der Waals surface area contributed by atoms with Crippen molar-refractivity contribution >= 4 is 51.8 Å². The number of aromatic nitrogens is 4. The molecule has 1 aliphatic rings. The van der Waals surface area contributed by atoms with Crippen LogP contribution >= 0.6 is 23.2 Å². The number of amides is 2. The van der Waals surface area contributed by atoms with Crippen molar-refractivity contribution in [3.05, 3.63) is 105 Å². The van der Waals surface area contributed by atoms with Gasteiger partial charge in [0.25, 0.3) is 0 Å². The van der Waals surface area contributed by atoms with E-state index >= 15 is 0 Å². The van der Waals surface area contributed by atoms with Gasteiger partial charge in [0.1, 0.15) is 11.6 Å². The number of nitrogens with zero attached hydrogens (tertiary/aromatic N) is 6. The van der Waals surface area contributed by atoms with Crippen molar-refractivity contribution in [2.75, 3.05) is 36.4 Å².